The Bertz CT molecular complexity index is 1330. The maximum atomic E-state index is 13.8. The lowest BCUT2D eigenvalue weighted by Crippen LogP contribution is -2.39. The van der Waals surface area contributed by atoms with Crippen LogP contribution in [0.3, 0.4) is 0 Å². The number of anilines is 5. The number of alkyl halides is 2. The van der Waals surface area contributed by atoms with Gasteiger partial charge in [-0.05, 0) is 73.9 Å². The van der Waals surface area contributed by atoms with Crippen molar-refractivity contribution >= 4 is 51.3 Å². The third kappa shape index (κ3) is 5.87. The molecule has 0 unspecified atom stereocenters. The predicted molar refractivity (Wildman–Crippen MR) is 157 cm³/mol. The van der Waals surface area contributed by atoms with Crippen LogP contribution in [0.4, 0.5) is 37.3 Å². The molecule has 1 spiro atoms. The summed E-state index contributed by atoms with van der Waals surface area (Å²) in [7, 11) is 0. The second kappa shape index (κ2) is 10.6. The molecule has 7 nitrogen and oxygen atoms in total. The van der Waals surface area contributed by atoms with Gasteiger partial charge in [-0.2, -0.15) is 5.10 Å². The van der Waals surface area contributed by atoms with Crippen molar-refractivity contribution in [1.82, 2.24) is 10.2 Å². The quantitative estimate of drug-likeness (QED) is 0.220. The molecule has 3 heterocycles. The topological polar surface area (TPSA) is 76.5 Å². The van der Waals surface area contributed by atoms with E-state index in [2.05, 4.69) is 49.4 Å². The molecule has 2 aromatic carbocycles. The summed E-state index contributed by atoms with van der Waals surface area (Å²) in [4.78, 5) is 4.51. The van der Waals surface area contributed by atoms with Crippen LogP contribution in [-0.4, -0.2) is 59.8 Å². The lowest BCUT2D eigenvalue weighted by Gasteiger charge is -2.35. The molecule has 0 atom stereocenters. The van der Waals surface area contributed by atoms with Crippen LogP contribution in [-0.2, 0) is 0 Å². The van der Waals surface area contributed by atoms with E-state index >= 15 is 0 Å². The smallest absolute Gasteiger partial charge is 0.251 e. The van der Waals surface area contributed by atoms with Crippen molar-refractivity contribution in [2.75, 3.05) is 58.4 Å². The molecule has 2 saturated heterocycles. The molecule has 1 aromatic heterocycles. The van der Waals surface area contributed by atoms with Crippen molar-refractivity contribution in [2.24, 2.45) is 5.41 Å². The van der Waals surface area contributed by atoms with E-state index in [1.54, 1.807) is 6.20 Å². The zero-order valence-corrected chi connectivity index (χ0v) is 23.2. The van der Waals surface area contributed by atoms with Crippen LogP contribution < -0.4 is 19.8 Å². The molecule has 3 fully saturated rings. The molecule has 2 aliphatic heterocycles. The van der Waals surface area contributed by atoms with Gasteiger partial charge in [-0.3, -0.25) is 0 Å². The number of piperidine rings is 2. The molecule has 1 aliphatic carbocycles. The van der Waals surface area contributed by atoms with Crippen molar-refractivity contribution in [2.45, 2.75) is 51.4 Å². The number of fused-ring (bicyclic) bond motifs is 1. The molecule has 3 aliphatic rings. The summed E-state index contributed by atoms with van der Waals surface area (Å²) >= 11 is 1.48. The fraction of sp³-hybridized carbons (Fsp3) is 0.517. The number of aliphatic hydroxyl groups is 1. The van der Waals surface area contributed by atoms with Crippen LogP contribution >= 0.6 is 11.9 Å². The highest BCUT2D eigenvalue weighted by Gasteiger charge is 2.44. The van der Waals surface area contributed by atoms with Gasteiger partial charge >= 0.3 is 0 Å². The minimum absolute atomic E-state index is 0.115. The minimum atomic E-state index is -2.58. The average molecular weight is 555 g/mol. The molecule has 3 N–H and O–H groups in total. The normalized spacial score (nSPS) is 19.9. The molecule has 39 heavy (non-hydrogen) atoms. The minimum Gasteiger partial charge on any atom is -0.395 e. The number of rotatable bonds is 8. The number of aromatic nitrogens is 2. The Kier molecular flexibility index (Phi) is 7.18. The Morgan fingerprint density at radius 2 is 1.67 bits per heavy atom. The number of halogens is 2. The van der Waals surface area contributed by atoms with Gasteiger partial charge in [-0.15, -0.1) is 5.10 Å². The molecule has 1 saturated carbocycles. The molecular weight excluding hydrogens is 518 g/mol. The van der Waals surface area contributed by atoms with Crippen molar-refractivity contribution in [3.63, 3.8) is 0 Å². The maximum Gasteiger partial charge on any atom is 0.251 e. The molecular formula is C29H36F2N6OS. The van der Waals surface area contributed by atoms with Crippen molar-refractivity contribution in [1.29, 1.82) is 0 Å². The maximum absolute atomic E-state index is 13.8. The molecule has 0 bridgehead atoms. The Labute approximate surface area is 232 Å². The van der Waals surface area contributed by atoms with E-state index in [-0.39, 0.29) is 19.4 Å². The number of hydrogen-bond acceptors (Lipinski definition) is 8. The largest absolute Gasteiger partial charge is 0.395 e. The average Bonchev–Trinajstić information content (AvgIpc) is 3.67. The van der Waals surface area contributed by atoms with E-state index in [0.717, 1.165) is 52.2 Å². The van der Waals surface area contributed by atoms with Gasteiger partial charge in [0.1, 0.15) is 0 Å². The van der Waals surface area contributed by atoms with Gasteiger partial charge in [-0.1, -0.05) is 11.9 Å². The summed E-state index contributed by atoms with van der Waals surface area (Å²) < 4.78 is 30.9. The van der Waals surface area contributed by atoms with Gasteiger partial charge in [0.2, 0.25) is 0 Å². The Balaban J connectivity index is 1.33. The zero-order valence-electron chi connectivity index (χ0n) is 22.3. The van der Waals surface area contributed by atoms with Crippen molar-refractivity contribution in [3.8, 4) is 0 Å². The summed E-state index contributed by atoms with van der Waals surface area (Å²) in [6.45, 7) is 4.85. The highest BCUT2D eigenvalue weighted by molar-refractivity contribution is 8.00. The first-order chi connectivity index (χ1) is 18.8. The van der Waals surface area contributed by atoms with Gasteiger partial charge in [0, 0.05) is 67.2 Å². The van der Waals surface area contributed by atoms with Crippen LogP contribution in [0.2, 0.25) is 0 Å². The zero-order chi connectivity index (χ0) is 27.0. The lowest BCUT2D eigenvalue weighted by atomic mass is 9.93. The van der Waals surface area contributed by atoms with E-state index in [1.807, 2.05) is 17.9 Å². The molecule has 3 aromatic rings. The summed E-state index contributed by atoms with van der Waals surface area (Å²) in [5.41, 5.74) is 5.53. The highest BCUT2D eigenvalue weighted by Crippen LogP contribution is 2.54. The molecule has 0 radical (unpaired) electrons. The van der Waals surface area contributed by atoms with Crippen LogP contribution in [0.25, 0.3) is 10.8 Å². The second-order valence-electron chi connectivity index (χ2n) is 11.3. The van der Waals surface area contributed by atoms with Gasteiger partial charge < -0.3 is 24.9 Å². The predicted octanol–water partition coefficient (Wildman–Crippen LogP) is 6.35. The Hall–Kier alpha value is -2.85. The number of hydrogen-bond donors (Lipinski definition) is 3. The van der Waals surface area contributed by atoms with E-state index in [1.165, 1.54) is 37.6 Å². The van der Waals surface area contributed by atoms with Crippen molar-refractivity contribution in [3.05, 3.63) is 42.1 Å². The Morgan fingerprint density at radius 1 is 0.923 bits per heavy atom. The molecule has 10 heteroatoms. The van der Waals surface area contributed by atoms with Gasteiger partial charge in [0.25, 0.3) is 5.92 Å². The van der Waals surface area contributed by atoms with E-state index in [0.29, 0.717) is 30.1 Å². The summed E-state index contributed by atoms with van der Waals surface area (Å²) in [5.74, 6) is -1.29. The van der Waals surface area contributed by atoms with Gasteiger partial charge in [0.05, 0.1) is 23.9 Å². The molecule has 208 valence electrons. The number of benzene rings is 2. The number of aliphatic hydroxyl groups excluding tert-OH is 1. The van der Waals surface area contributed by atoms with E-state index in [9.17, 15) is 13.9 Å². The van der Waals surface area contributed by atoms with Crippen LogP contribution in [0.5, 0.6) is 0 Å². The van der Waals surface area contributed by atoms with Crippen LogP contribution in [0.15, 0.2) is 36.5 Å². The number of nitrogens with zero attached hydrogens (tertiary/aromatic N) is 4. The van der Waals surface area contributed by atoms with Crippen molar-refractivity contribution < 1.29 is 13.9 Å². The highest BCUT2D eigenvalue weighted by atomic mass is 32.2. The van der Waals surface area contributed by atoms with Crippen LogP contribution in [0.1, 0.15) is 44.1 Å². The summed E-state index contributed by atoms with van der Waals surface area (Å²) in [5, 5.41) is 23.6. The van der Waals surface area contributed by atoms with Gasteiger partial charge in [-0.25, -0.2) is 8.78 Å². The third-order valence-corrected chi connectivity index (χ3v) is 9.20. The van der Waals surface area contributed by atoms with E-state index < -0.39 is 5.92 Å². The SMILES string of the molecule is Cc1cc(Nc2nncc3cc(NSCCO)cc(N4CCC5(CC4)CC5)c23)cc(N2CCC(F)(F)CC2)c1. The first-order valence-electron chi connectivity index (χ1n) is 13.9. The lowest BCUT2D eigenvalue weighted by molar-refractivity contribution is -0.0220. The second-order valence-corrected chi connectivity index (χ2v) is 12.2. The molecule has 6 rings (SSSR count). The standard InChI is InChI=1S/C29H36F2N6OS/c1-20-14-22(17-24(15-20)36-10-6-29(30,31)7-11-36)33-27-26-21(19-32-34-27)16-23(35-39-13-12-38)18-25(26)37-8-4-28(2-3-28)5-9-37/h14-19,35,38H,2-13H2,1H3,(H,33,34). The monoisotopic (exact) mass is 554 g/mol. The number of nitrogens with one attached hydrogen (secondary N) is 2. The summed E-state index contributed by atoms with van der Waals surface area (Å²) in [6.07, 6.45) is 6.69. The molecule has 0 amide bonds. The fourth-order valence-corrected chi connectivity index (χ4v) is 6.41. The number of aryl methyl sites for hydroxylation is 1. The summed E-state index contributed by atoms with van der Waals surface area (Å²) in [6, 6.07) is 10.4. The first kappa shape index (κ1) is 26.4. The third-order valence-electron chi connectivity index (χ3n) is 8.43. The first-order valence-corrected chi connectivity index (χ1v) is 14.9. The van der Waals surface area contributed by atoms with E-state index in [4.69, 9.17) is 0 Å². The fourth-order valence-electron chi connectivity index (χ4n) is 5.93. The van der Waals surface area contributed by atoms with Gasteiger partial charge in [0.15, 0.2) is 5.82 Å². The van der Waals surface area contributed by atoms with Crippen LogP contribution in [0, 0.1) is 12.3 Å². The Morgan fingerprint density at radius 3 is 2.38 bits per heavy atom.